The van der Waals surface area contributed by atoms with Gasteiger partial charge in [-0.05, 0) is 45.4 Å². The molecule has 0 bridgehead atoms. The number of hydrogen-bond acceptors (Lipinski definition) is 3. The van der Waals surface area contributed by atoms with Crippen LogP contribution in [-0.2, 0) is 9.47 Å². The number of hydrogen-bond donors (Lipinski definition) is 1. The van der Waals surface area contributed by atoms with Crippen LogP contribution in [0.2, 0.25) is 0 Å². The quantitative estimate of drug-likeness (QED) is 0.364. The summed E-state index contributed by atoms with van der Waals surface area (Å²) < 4.78 is 11.5. The second-order valence-corrected chi connectivity index (χ2v) is 9.31. The molecule has 4 heteroatoms. The van der Waals surface area contributed by atoms with E-state index in [2.05, 4.69) is 74.2 Å². The fourth-order valence-electron chi connectivity index (χ4n) is 3.03. The van der Waals surface area contributed by atoms with Gasteiger partial charge in [0.1, 0.15) is 0 Å². The normalized spacial score (nSPS) is 13.9. The van der Waals surface area contributed by atoms with E-state index in [1.165, 1.54) is 6.42 Å². The van der Waals surface area contributed by atoms with Crippen molar-refractivity contribution < 1.29 is 60.9 Å². The fraction of sp³-hybridized carbons (Fsp3) is 0.864. The Labute approximate surface area is 206 Å². The number of allylic oxidation sites excluding steroid dienone is 1. The molecular weight excluding hydrogens is 349 g/mol. The Bertz CT molecular complexity index is 392. The molecule has 0 amide bonds. The molecule has 0 heterocycles. The van der Waals surface area contributed by atoms with Crippen LogP contribution in [0.25, 0.3) is 0 Å². The summed E-state index contributed by atoms with van der Waals surface area (Å²) in [5.74, 6) is 0. The molecule has 0 fully saturated rings. The van der Waals surface area contributed by atoms with Gasteiger partial charge in [0, 0.05) is 24.3 Å². The maximum atomic E-state index is 5.92. The van der Waals surface area contributed by atoms with Crippen LogP contribution >= 0.6 is 0 Å². The van der Waals surface area contributed by atoms with Gasteiger partial charge in [0.2, 0.25) is 0 Å². The van der Waals surface area contributed by atoms with Crippen molar-refractivity contribution >= 4 is 0 Å². The summed E-state index contributed by atoms with van der Waals surface area (Å²) in [4.78, 5) is 0. The van der Waals surface area contributed by atoms with Gasteiger partial charge in [0.15, 0.2) is 0 Å². The molecular formula is C22H44KNO2. The molecule has 0 aromatic heterocycles. The van der Waals surface area contributed by atoms with Gasteiger partial charge in [-0.15, -0.1) is 0 Å². The topological polar surface area (TPSA) is 30.5 Å². The van der Waals surface area contributed by atoms with Crippen LogP contribution in [0.15, 0.2) is 12.3 Å². The molecule has 0 saturated carbocycles. The van der Waals surface area contributed by atoms with Crippen LogP contribution in [0, 0.1) is 17.8 Å². The van der Waals surface area contributed by atoms with Crippen molar-refractivity contribution in [2.24, 2.45) is 10.8 Å². The van der Waals surface area contributed by atoms with E-state index in [4.69, 9.17) is 9.47 Å². The van der Waals surface area contributed by atoms with Crippen LogP contribution < -0.4 is 56.7 Å². The number of rotatable bonds is 14. The van der Waals surface area contributed by atoms with Gasteiger partial charge < -0.3 is 21.7 Å². The van der Waals surface area contributed by atoms with E-state index in [9.17, 15) is 0 Å². The summed E-state index contributed by atoms with van der Waals surface area (Å²) in [6.45, 7) is 27.9. The van der Waals surface area contributed by atoms with Crippen molar-refractivity contribution in [1.29, 1.82) is 0 Å². The van der Waals surface area contributed by atoms with Gasteiger partial charge in [-0.2, -0.15) is 0 Å². The Balaban J connectivity index is 0. The molecule has 0 aliphatic carbocycles. The first-order valence-electron chi connectivity index (χ1n) is 9.83. The molecule has 0 radical (unpaired) electrons. The Kier molecular flexibility index (Phi) is 15.0. The van der Waals surface area contributed by atoms with Gasteiger partial charge in [-0.3, -0.25) is 0 Å². The van der Waals surface area contributed by atoms with Gasteiger partial charge in [-0.1, -0.05) is 54.2 Å². The minimum Gasteiger partial charge on any atom is -0.407 e. The molecule has 0 rings (SSSR count). The maximum absolute atomic E-state index is 5.92. The van der Waals surface area contributed by atoms with Crippen molar-refractivity contribution in [3.8, 4) is 0 Å². The van der Waals surface area contributed by atoms with Crippen molar-refractivity contribution in [2.75, 3.05) is 19.8 Å². The summed E-state index contributed by atoms with van der Waals surface area (Å²) in [6, 6.07) is 0. The van der Waals surface area contributed by atoms with E-state index in [1.807, 2.05) is 0 Å². The van der Waals surface area contributed by atoms with Crippen molar-refractivity contribution in [2.45, 2.75) is 92.8 Å². The van der Waals surface area contributed by atoms with Crippen LogP contribution in [0.3, 0.4) is 0 Å². The first-order chi connectivity index (χ1) is 11.4. The molecule has 3 nitrogen and oxygen atoms in total. The molecule has 1 unspecified atom stereocenters. The largest absolute Gasteiger partial charge is 1.00 e. The van der Waals surface area contributed by atoms with Gasteiger partial charge in [0.25, 0.3) is 0 Å². The number of ether oxygens (including phenoxy) is 2. The molecule has 1 atom stereocenters. The molecule has 26 heavy (non-hydrogen) atoms. The zero-order chi connectivity index (χ0) is 19.7. The van der Waals surface area contributed by atoms with Crippen molar-refractivity contribution in [3.05, 3.63) is 19.2 Å². The van der Waals surface area contributed by atoms with Crippen LogP contribution in [0.5, 0.6) is 0 Å². The van der Waals surface area contributed by atoms with E-state index in [1.54, 1.807) is 0 Å². The van der Waals surface area contributed by atoms with E-state index in [0.29, 0.717) is 18.6 Å². The maximum Gasteiger partial charge on any atom is 1.00 e. The predicted octanol–water partition coefficient (Wildman–Crippen LogP) is 2.76. The Hall–Kier alpha value is 1.10. The average Bonchev–Trinajstić information content (AvgIpc) is 2.45. The summed E-state index contributed by atoms with van der Waals surface area (Å²) in [5, 5.41) is 3.52. The molecule has 0 aliphatic heterocycles. The fourth-order valence-corrected chi connectivity index (χ4v) is 3.03. The first-order valence-corrected chi connectivity index (χ1v) is 9.83. The van der Waals surface area contributed by atoms with Gasteiger partial charge in [0.05, 0.1) is 11.7 Å². The second kappa shape index (κ2) is 13.3. The molecule has 150 valence electrons. The van der Waals surface area contributed by atoms with Crippen molar-refractivity contribution in [3.63, 3.8) is 0 Å². The predicted molar refractivity (Wildman–Crippen MR) is 110 cm³/mol. The molecule has 0 saturated heterocycles. The standard InChI is InChI=1S/C22H44NO2.K/c1-11-20(5,6)17-21(7,8)19(4)23-15-13-18(3)24-16-14-22(9,10)25-12-2;/h18,23H,2,4,11-17H2,1,3,5-10H3;/q-1;+1. The third-order valence-electron chi connectivity index (χ3n) is 5.18. The van der Waals surface area contributed by atoms with Gasteiger partial charge >= 0.3 is 51.4 Å². The Morgan fingerprint density at radius 3 is 2.23 bits per heavy atom. The van der Waals surface area contributed by atoms with Gasteiger partial charge in [-0.25, -0.2) is 0 Å². The summed E-state index contributed by atoms with van der Waals surface area (Å²) in [5.41, 5.74) is 1.41. The smallest absolute Gasteiger partial charge is 0.407 e. The minimum atomic E-state index is -0.163. The molecule has 0 aliphatic rings. The minimum absolute atomic E-state index is 0. The summed E-state index contributed by atoms with van der Waals surface area (Å²) >= 11 is 0. The molecule has 1 N–H and O–H groups in total. The SMILES string of the molecule is C=C(NCCC(C)OCCC(C)(C)OC[CH2-])C(C)(C)CC(C)(C)CC.[K+]. The third kappa shape index (κ3) is 13.3. The second-order valence-electron chi connectivity index (χ2n) is 9.31. The van der Waals surface area contributed by atoms with E-state index < -0.39 is 0 Å². The zero-order valence-corrected chi connectivity index (χ0v) is 22.4. The Morgan fingerprint density at radius 2 is 1.73 bits per heavy atom. The van der Waals surface area contributed by atoms with Crippen LogP contribution in [0.4, 0.5) is 0 Å². The Morgan fingerprint density at radius 1 is 1.15 bits per heavy atom. The molecule has 0 spiro atoms. The zero-order valence-electron chi connectivity index (χ0n) is 19.3. The monoisotopic (exact) mass is 393 g/mol. The number of nitrogens with one attached hydrogen (secondary N) is 1. The molecule has 0 aromatic rings. The first kappa shape index (κ1) is 29.3. The summed E-state index contributed by atoms with van der Waals surface area (Å²) in [7, 11) is 0. The average molecular weight is 394 g/mol. The van der Waals surface area contributed by atoms with Crippen molar-refractivity contribution in [1.82, 2.24) is 5.32 Å². The summed E-state index contributed by atoms with van der Waals surface area (Å²) in [6.07, 6.45) is 4.40. The third-order valence-corrected chi connectivity index (χ3v) is 5.18. The van der Waals surface area contributed by atoms with Crippen LogP contribution in [0.1, 0.15) is 81.1 Å². The van der Waals surface area contributed by atoms with E-state index >= 15 is 0 Å². The van der Waals surface area contributed by atoms with Crippen LogP contribution in [-0.4, -0.2) is 31.5 Å². The van der Waals surface area contributed by atoms with E-state index in [-0.39, 0.29) is 68.5 Å². The van der Waals surface area contributed by atoms with E-state index in [0.717, 1.165) is 31.5 Å². The molecule has 0 aromatic carbocycles.